The third kappa shape index (κ3) is 6.07. The molecule has 2 aromatic carbocycles. The summed E-state index contributed by atoms with van der Waals surface area (Å²) in [6, 6.07) is 16.3. The number of carbonyl (C=O) groups is 3. The van der Waals surface area contributed by atoms with Crippen LogP contribution in [0, 0.1) is 0 Å². The Morgan fingerprint density at radius 1 is 0.935 bits per heavy atom. The van der Waals surface area contributed by atoms with Gasteiger partial charge in [-0.05, 0) is 60.2 Å². The van der Waals surface area contributed by atoms with Gasteiger partial charge >= 0.3 is 5.97 Å². The second kappa shape index (κ2) is 9.93. The number of amides is 2. The summed E-state index contributed by atoms with van der Waals surface area (Å²) in [5.74, 6) is -0.463. The van der Waals surface area contributed by atoms with Crippen LogP contribution in [0.1, 0.15) is 23.0 Å². The predicted octanol–water partition coefficient (Wildman–Crippen LogP) is 3.62. The zero-order valence-electron chi connectivity index (χ0n) is 16.9. The number of benzene rings is 2. The van der Waals surface area contributed by atoms with Crippen molar-refractivity contribution in [1.29, 1.82) is 0 Å². The molecule has 3 aromatic rings. The van der Waals surface area contributed by atoms with Gasteiger partial charge in [0.05, 0.1) is 13.4 Å². The summed E-state index contributed by atoms with van der Waals surface area (Å²) in [5, 5.41) is 5.29. The minimum atomic E-state index is -0.572. The van der Waals surface area contributed by atoms with Crippen LogP contribution in [0.15, 0.2) is 77.0 Å². The highest BCUT2D eigenvalue weighted by molar-refractivity contribution is 6.10. The van der Waals surface area contributed by atoms with Gasteiger partial charge in [0.2, 0.25) is 0 Å². The first kappa shape index (κ1) is 21.4. The second-order valence-electron chi connectivity index (χ2n) is 6.33. The number of esters is 1. The Hall–Kier alpha value is -4.33. The van der Waals surface area contributed by atoms with Crippen LogP contribution < -0.4 is 20.1 Å². The summed E-state index contributed by atoms with van der Waals surface area (Å²) in [6.07, 6.45) is 2.86. The van der Waals surface area contributed by atoms with Gasteiger partial charge in [0.1, 0.15) is 17.2 Å². The number of furan rings is 1. The van der Waals surface area contributed by atoms with Gasteiger partial charge in [0.15, 0.2) is 5.76 Å². The minimum absolute atomic E-state index is 0.00236. The van der Waals surface area contributed by atoms with Gasteiger partial charge in [-0.15, -0.1) is 0 Å². The van der Waals surface area contributed by atoms with E-state index >= 15 is 0 Å². The van der Waals surface area contributed by atoms with Crippen molar-refractivity contribution >= 4 is 29.5 Å². The molecule has 0 unspecified atom stereocenters. The number of anilines is 1. The van der Waals surface area contributed by atoms with Crippen molar-refractivity contribution in [3.05, 3.63) is 83.9 Å². The van der Waals surface area contributed by atoms with Crippen molar-refractivity contribution in [1.82, 2.24) is 5.32 Å². The maximum atomic E-state index is 12.9. The highest BCUT2D eigenvalue weighted by Crippen LogP contribution is 2.18. The second-order valence-corrected chi connectivity index (χ2v) is 6.33. The molecule has 8 heteroatoms. The first-order chi connectivity index (χ1) is 14.9. The normalized spacial score (nSPS) is 10.8. The van der Waals surface area contributed by atoms with E-state index in [1.807, 2.05) is 0 Å². The molecule has 2 amide bonds. The molecule has 31 heavy (non-hydrogen) atoms. The van der Waals surface area contributed by atoms with Crippen LogP contribution in [-0.4, -0.2) is 24.9 Å². The lowest BCUT2D eigenvalue weighted by molar-refractivity contribution is -0.131. The monoisotopic (exact) mass is 420 g/mol. The highest BCUT2D eigenvalue weighted by Gasteiger charge is 2.17. The maximum absolute atomic E-state index is 12.9. The zero-order valence-corrected chi connectivity index (χ0v) is 16.9. The molecule has 0 aliphatic carbocycles. The van der Waals surface area contributed by atoms with Crippen LogP contribution in [-0.2, 0) is 9.59 Å². The SMILES string of the molecule is COc1ccc(NC(=O)C(=Cc2ccc(OC(C)=O)cc2)NC(=O)c2ccco2)cc1. The van der Waals surface area contributed by atoms with Crippen LogP contribution in [0.2, 0.25) is 0 Å². The van der Waals surface area contributed by atoms with Crippen LogP contribution in [0.25, 0.3) is 6.08 Å². The molecule has 0 aliphatic heterocycles. The van der Waals surface area contributed by atoms with Crippen LogP contribution >= 0.6 is 0 Å². The summed E-state index contributed by atoms with van der Waals surface area (Å²) in [5.41, 5.74) is 1.13. The van der Waals surface area contributed by atoms with Crippen molar-refractivity contribution in [2.45, 2.75) is 6.92 Å². The molecule has 3 rings (SSSR count). The lowest BCUT2D eigenvalue weighted by Gasteiger charge is -2.11. The summed E-state index contributed by atoms with van der Waals surface area (Å²) in [6.45, 7) is 1.31. The van der Waals surface area contributed by atoms with E-state index < -0.39 is 17.8 Å². The van der Waals surface area contributed by atoms with Crippen LogP contribution in [0.5, 0.6) is 11.5 Å². The Balaban J connectivity index is 1.83. The Labute approximate surface area is 178 Å². The molecule has 0 atom stereocenters. The molecule has 0 saturated carbocycles. The summed E-state index contributed by atoms with van der Waals surface area (Å²) < 4.78 is 15.2. The van der Waals surface area contributed by atoms with Crippen molar-refractivity contribution in [2.75, 3.05) is 12.4 Å². The van der Waals surface area contributed by atoms with E-state index in [9.17, 15) is 14.4 Å². The third-order valence-corrected chi connectivity index (χ3v) is 4.04. The van der Waals surface area contributed by atoms with Crippen LogP contribution in [0.3, 0.4) is 0 Å². The van der Waals surface area contributed by atoms with E-state index in [1.54, 1.807) is 61.7 Å². The lowest BCUT2D eigenvalue weighted by atomic mass is 10.1. The average molecular weight is 420 g/mol. The molecule has 1 heterocycles. The van der Waals surface area contributed by atoms with Crippen molar-refractivity contribution in [3.8, 4) is 11.5 Å². The van der Waals surface area contributed by atoms with E-state index in [0.717, 1.165) is 0 Å². The summed E-state index contributed by atoms with van der Waals surface area (Å²) in [7, 11) is 1.55. The molecule has 0 saturated heterocycles. The van der Waals surface area contributed by atoms with E-state index in [1.165, 1.54) is 25.3 Å². The first-order valence-electron chi connectivity index (χ1n) is 9.25. The number of hydrogen-bond donors (Lipinski definition) is 2. The predicted molar refractivity (Wildman–Crippen MR) is 114 cm³/mol. The molecule has 158 valence electrons. The fourth-order valence-corrected chi connectivity index (χ4v) is 2.59. The molecule has 8 nitrogen and oxygen atoms in total. The Bertz CT molecular complexity index is 1080. The molecular weight excluding hydrogens is 400 g/mol. The Morgan fingerprint density at radius 2 is 1.61 bits per heavy atom. The number of carbonyl (C=O) groups excluding carboxylic acids is 3. The smallest absolute Gasteiger partial charge is 0.308 e. The Kier molecular flexibility index (Phi) is 6.85. The first-order valence-corrected chi connectivity index (χ1v) is 9.25. The number of methoxy groups -OCH3 is 1. The van der Waals surface area contributed by atoms with Gasteiger partial charge in [0.25, 0.3) is 11.8 Å². The topological polar surface area (TPSA) is 107 Å². The third-order valence-electron chi connectivity index (χ3n) is 4.04. The van der Waals surface area contributed by atoms with Crippen molar-refractivity contribution < 1.29 is 28.3 Å². The van der Waals surface area contributed by atoms with Crippen molar-refractivity contribution in [2.24, 2.45) is 0 Å². The molecule has 0 aliphatic rings. The fourth-order valence-electron chi connectivity index (χ4n) is 2.59. The summed E-state index contributed by atoms with van der Waals surface area (Å²) >= 11 is 0. The molecule has 2 N–H and O–H groups in total. The minimum Gasteiger partial charge on any atom is -0.497 e. The van der Waals surface area contributed by atoms with Gasteiger partial charge in [-0.1, -0.05) is 12.1 Å². The molecule has 0 fully saturated rings. The van der Waals surface area contributed by atoms with Gasteiger partial charge < -0.3 is 24.5 Å². The summed E-state index contributed by atoms with van der Waals surface area (Å²) in [4.78, 5) is 36.3. The standard InChI is InChI=1S/C23H20N2O6/c1-15(26)31-19-9-5-16(6-10-19)14-20(25-23(28)21-4-3-13-30-21)22(27)24-17-7-11-18(29-2)12-8-17/h3-14H,1-2H3,(H,24,27)(H,25,28). The average Bonchev–Trinajstić information content (AvgIpc) is 3.30. The van der Waals surface area contributed by atoms with E-state index in [0.29, 0.717) is 22.7 Å². The highest BCUT2D eigenvalue weighted by atomic mass is 16.5. The van der Waals surface area contributed by atoms with Crippen LogP contribution in [0.4, 0.5) is 5.69 Å². The van der Waals surface area contributed by atoms with Gasteiger partial charge in [-0.2, -0.15) is 0 Å². The molecule has 0 spiro atoms. The van der Waals surface area contributed by atoms with E-state index in [4.69, 9.17) is 13.9 Å². The van der Waals surface area contributed by atoms with Gasteiger partial charge in [-0.25, -0.2) is 0 Å². The fraction of sp³-hybridized carbons (Fsp3) is 0.0870. The lowest BCUT2D eigenvalue weighted by Crippen LogP contribution is -2.30. The largest absolute Gasteiger partial charge is 0.497 e. The number of nitrogens with one attached hydrogen (secondary N) is 2. The molecule has 0 bridgehead atoms. The maximum Gasteiger partial charge on any atom is 0.308 e. The van der Waals surface area contributed by atoms with E-state index in [2.05, 4.69) is 10.6 Å². The zero-order chi connectivity index (χ0) is 22.2. The quantitative estimate of drug-likeness (QED) is 0.343. The van der Waals surface area contributed by atoms with E-state index in [-0.39, 0.29) is 11.5 Å². The molecule has 1 aromatic heterocycles. The number of hydrogen-bond acceptors (Lipinski definition) is 6. The van der Waals surface area contributed by atoms with Gasteiger partial charge in [0, 0.05) is 12.6 Å². The molecule has 0 radical (unpaired) electrons. The number of ether oxygens (including phenoxy) is 2. The molecular formula is C23H20N2O6. The number of rotatable bonds is 7. The van der Waals surface area contributed by atoms with Crippen molar-refractivity contribution in [3.63, 3.8) is 0 Å². The Morgan fingerprint density at radius 3 is 2.19 bits per heavy atom. The van der Waals surface area contributed by atoms with Gasteiger partial charge in [-0.3, -0.25) is 14.4 Å².